The maximum atomic E-state index is 12.8. The number of rotatable bonds is 6. The Bertz CT molecular complexity index is 653. The first-order valence-electron chi connectivity index (χ1n) is 8.00. The molecule has 0 spiro atoms. The Morgan fingerprint density at radius 2 is 1.87 bits per heavy atom. The van der Waals surface area contributed by atoms with Gasteiger partial charge in [0, 0.05) is 31.7 Å². The minimum absolute atomic E-state index is 0.237. The van der Waals surface area contributed by atoms with Crippen molar-refractivity contribution in [2.75, 3.05) is 33.2 Å². The quantitative estimate of drug-likeness (QED) is 0.761. The second-order valence-corrected chi connectivity index (χ2v) is 7.71. The van der Waals surface area contributed by atoms with Crippen LogP contribution in [0, 0.1) is 6.92 Å². The topological polar surface area (TPSA) is 78.5 Å². The van der Waals surface area contributed by atoms with Crippen molar-refractivity contribution < 1.29 is 13.2 Å². The van der Waals surface area contributed by atoms with E-state index in [1.54, 1.807) is 26.1 Å². The van der Waals surface area contributed by atoms with Gasteiger partial charge in [0.25, 0.3) is 5.91 Å². The summed E-state index contributed by atoms with van der Waals surface area (Å²) >= 11 is 0. The summed E-state index contributed by atoms with van der Waals surface area (Å²) in [5.74, 6) is -0.254. The van der Waals surface area contributed by atoms with E-state index in [0.29, 0.717) is 37.3 Å². The summed E-state index contributed by atoms with van der Waals surface area (Å²) in [4.78, 5) is 12.4. The highest BCUT2D eigenvalue weighted by molar-refractivity contribution is 7.89. The Hall–Kier alpha value is -1.44. The van der Waals surface area contributed by atoms with Crippen LogP contribution >= 0.6 is 0 Å². The molecular formula is C16H25N3O3S. The van der Waals surface area contributed by atoms with Crippen molar-refractivity contribution in [1.29, 1.82) is 0 Å². The summed E-state index contributed by atoms with van der Waals surface area (Å²) < 4.78 is 27.2. The summed E-state index contributed by atoms with van der Waals surface area (Å²) in [5.41, 5.74) is 1.05. The van der Waals surface area contributed by atoms with Gasteiger partial charge in [0.1, 0.15) is 0 Å². The van der Waals surface area contributed by atoms with Gasteiger partial charge in [0.15, 0.2) is 0 Å². The van der Waals surface area contributed by atoms with Crippen molar-refractivity contribution in [2.24, 2.45) is 0 Å². The van der Waals surface area contributed by atoms with Crippen LogP contribution in [-0.4, -0.2) is 51.9 Å². The third-order valence-electron chi connectivity index (χ3n) is 4.04. The van der Waals surface area contributed by atoms with E-state index in [1.165, 1.54) is 10.4 Å². The maximum Gasteiger partial charge on any atom is 0.251 e. The lowest BCUT2D eigenvalue weighted by Crippen LogP contribution is -2.36. The molecule has 6 nitrogen and oxygen atoms in total. The molecule has 0 radical (unpaired) electrons. The Balaban J connectivity index is 2.24. The highest BCUT2D eigenvalue weighted by Gasteiger charge is 2.28. The molecule has 1 aromatic rings. The summed E-state index contributed by atoms with van der Waals surface area (Å²) in [6, 6.07) is 4.86. The molecule has 23 heavy (non-hydrogen) atoms. The van der Waals surface area contributed by atoms with Gasteiger partial charge in [-0.05, 0) is 44.5 Å². The molecule has 1 aromatic carbocycles. The Kier molecular flexibility index (Phi) is 6.15. The number of piperidine rings is 1. The van der Waals surface area contributed by atoms with E-state index in [4.69, 9.17) is 0 Å². The summed E-state index contributed by atoms with van der Waals surface area (Å²) in [6.45, 7) is 4.04. The molecule has 0 aromatic heterocycles. The van der Waals surface area contributed by atoms with Gasteiger partial charge in [-0.25, -0.2) is 8.42 Å². The lowest BCUT2D eigenvalue weighted by Gasteiger charge is -2.26. The van der Waals surface area contributed by atoms with Crippen LogP contribution in [0.15, 0.2) is 23.1 Å². The Labute approximate surface area is 138 Å². The minimum Gasteiger partial charge on any atom is -0.351 e. The lowest BCUT2D eigenvalue weighted by molar-refractivity contribution is 0.0954. The van der Waals surface area contributed by atoms with Crippen LogP contribution in [0.5, 0.6) is 0 Å². The van der Waals surface area contributed by atoms with Crippen LogP contribution in [-0.2, 0) is 10.0 Å². The monoisotopic (exact) mass is 339 g/mol. The van der Waals surface area contributed by atoms with E-state index in [0.717, 1.165) is 19.3 Å². The van der Waals surface area contributed by atoms with Gasteiger partial charge in [0.2, 0.25) is 10.0 Å². The van der Waals surface area contributed by atoms with Gasteiger partial charge < -0.3 is 10.6 Å². The molecule has 2 rings (SSSR count). The van der Waals surface area contributed by atoms with Crippen molar-refractivity contribution in [3.8, 4) is 0 Å². The highest BCUT2D eigenvalue weighted by atomic mass is 32.2. The van der Waals surface area contributed by atoms with Crippen LogP contribution in [0.1, 0.15) is 35.2 Å². The molecular weight excluding hydrogens is 314 g/mol. The fourth-order valence-electron chi connectivity index (χ4n) is 2.67. The van der Waals surface area contributed by atoms with Gasteiger partial charge in [-0.2, -0.15) is 4.31 Å². The van der Waals surface area contributed by atoms with Crippen LogP contribution in [0.3, 0.4) is 0 Å². The number of carbonyl (C=O) groups excluding carboxylic acids is 1. The largest absolute Gasteiger partial charge is 0.351 e. The number of aryl methyl sites for hydroxylation is 1. The number of sulfonamides is 1. The van der Waals surface area contributed by atoms with Crippen molar-refractivity contribution in [3.05, 3.63) is 29.3 Å². The first kappa shape index (κ1) is 17.9. The molecule has 1 aliphatic rings. The smallest absolute Gasteiger partial charge is 0.251 e. The molecule has 2 N–H and O–H groups in total. The van der Waals surface area contributed by atoms with E-state index in [2.05, 4.69) is 10.6 Å². The predicted octanol–water partition coefficient (Wildman–Crippen LogP) is 1.12. The number of amides is 1. The van der Waals surface area contributed by atoms with E-state index in [1.807, 2.05) is 0 Å². The zero-order valence-electron chi connectivity index (χ0n) is 13.8. The van der Waals surface area contributed by atoms with Gasteiger partial charge in [-0.15, -0.1) is 0 Å². The van der Waals surface area contributed by atoms with Crippen LogP contribution in [0.2, 0.25) is 0 Å². The molecule has 0 atom stereocenters. The summed E-state index contributed by atoms with van der Waals surface area (Å²) in [7, 11) is -1.73. The molecule has 1 saturated heterocycles. The number of nitrogens with zero attached hydrogens (tertiary/aromatic N) is 1. The fourth-order valence-corrected chi connectivity index (χ4v) is 4.43. The summed E-state index contributed by atoms with van der Waals surface area (Å²) in [5, 5.41) is 5.71. The van der Waals surface area contributed by atoms with Gasteiger partial charge in [0.05, 0.1) is 4.90 Å². The van der Waals surface area contributed by atoms with E-state index in [9.17, 15) is 13.2 Å². The minimum atomic E-state index is -3.53. The number of hydrogen-bond acceptors (Lipinski definition) is 4. The zero-order chi connectivity index (χ0) is 16.9. The van der Waals surface area contributed by atoms with Gasteiger partial charge in [-0.3, -0.25) is 4.79 Å². The van der Waals surface area contributed by atoms with E-state index >= 15 is 0 Å². The average Bonchev–Trinajstić information content (AvgIpc) is 2.56. The molecule has 7 heteroatoms. The number of carbonyl (C=O) groups is 1. The number of benzene rings is 1. The molecule has 0 unspecified atom stereocenters. The second-order valence-electron chi connectivity index (χ2n) is 5.80. The molecule has 1 aliphatic heterocycles. The third-order valence-corrected chi connectivity index (χ3v) is 6.08. The second kappa shape index (κ2) is 7.90. The van der Waals surface area contributed by atoms with Crippen molar-refractivity contribution in [2.45, 2.75) is 31.1 Å². The highest BCUT2D eigenvalue weighted by Crippen LogP contribution is 2.24. The van der Waals surface area contributed by atoms with Gasteiger partial charge >= 0.3 is 0 Å². The normalized spacial score (nSPS) is 16.3. The van der Waals surface area contributed by atoms with Crippen LogP contribution in [0.4, 0.5) is 0 Å². The lowest BCUT2D eigenvalue weighted by atomic mass is 10.1. The SMILES string of the molecule is CNCCNC(=O)c1ccc(C)c(S(=O)(=O)N2CCCCC2)c1. The number of hydrogen-bond donors (Lipinski definition) is 2. The molecule has 0 saturated carbocycles. The van der Waals surface area contributed by atoms with Crippen LogP contribution < -0.4 is 10.6 Å². The fraction of sp³-hybridized carbons (Fsp3) is 0.562. The number of likely N-dealkylation sites (N-methyl/N-ethyl adjacent to an activating group) is 1. The van der Waals surface area contributed by atoms with E-state index in [-0.39, 0.29) is 10.8 Å². The van der Waals surface area contributed by atoms with Crippen molar-refractivity contribution in [1.82, 2.24) is 14.9 Å². The Morgan fingerprint density at radius 1 is 1.17 bits per heavy atom. The standard InChI is InChI=1S/C16H25N3O3S/c1-13-6-7-14(16(20)18-9-8-17-2)12-15(13)23(21,22)19-10-4-3-5-11-19/h6-7,12,17H,3-5,8-11H2,1-2H3,(H,18,20). The predicted molar refractivity (Wildman–Crippen MR) is 90.0 cm³/mol. The maximum absolute atomic E-state index is 12.8. The molecule has 0 aliphatic carbocycles. The number of nitrogens with one attached hydrogen (secondary N) is 2. The van der Waals surface area contributed by atoms with Gasteiger partial charge in [-0.1, -0.05) is 12.5 Å². The molecule has 1 amide bonds. The molecule has 1 heterocycles. The Morgan fingerprint density at radius 3 is 2.52 bits per heavy atom. The summed E-state index contributed by atoms with van der Waals surface area (Å²) in [6.07, 6.45) is 2.85. The van der Waals surface area contributed by atoms with Crippen molar-refractivity contribution in [3.63, 3.8) is 0 Å². The molecule has 128 valence electrons. The average molecular weight is 339 g/mol. The zero-order valence-corrected chi connectivity index (χ0v) is 14.6. The first-order valence-corrected chi connectivity index (χ1v) is 9.44. The molecule has 1 fully saturated rings. The van der Waals surface area contributed by atoms with Crippen LogP contribution in [0.25, 0.3) is 0 Å². The molecule has 0 bridgehead atoms. The first-order chi connectivity index (χ1) is 11.0. The van der Waals surface area contributed by atoms with Crippen molar-refractivity contribution >= 4 is 15.9 Å². The third kappa shape index (κ3) is 4.31. The van der Waals surface area contributed by atoms with E-state index < -0.39 is 10.0 Å².